The van der Waals surface area contributed by atoms with E-state index in [4.69, 9.17) is 0 Å². The van der Waals surface area contributed by atoms with Crippen LogP contribution < -0.4 is 5.32 Å². The predicted molar refractivity (Wildman–Crippen MR) is 76.8 cm³/mol. The van der Waals surface area contributed by atoms with E-state index in [1.54, 1.807) is 0 Å². The van der Waals surface area contributed by atoms with Gasteiger partial charge in [-0.25, -0.2) is 9.78 Å². The van der Waals surface area contributed by atoms with Gasteiger partial charge in [0.05, 0.1) is 12.0 Å². The normalized spacial score (nSPS) is 21.6. The van der Waals surface area contributed by atoms with Gasteiger partial charge in [-0.3, -0.25) is 14.3 Å². The number of ether oxygens (including phenoxy) is 1. The maximum atomic E-state index is 11.5. The molecule has 1 aliphatic heterocycles. The third-order valence-electron chi connectivity index (χ3n) is 3.19. The summed E-state index contributed by atoms with van der Waals surface area (Å²) in [5.74, 6) is 0.503. The molecule has 0 aromatic carbocycles. The first-order valence-electron chi connectivity index (χ1n) is 6.36. The largest absolute Gasteiger partial charge is 0.464 e. The van der Waals surface area contributed by atoms with Gasteiger partial charge in [-0.1, -0.05) is 0 Å². The SMILES string of the molecule is COC(=O)c1ccc([N+](=O)[O-])c(NC2CCS(=O)CC2)n1. The van der Waals surface area contributed by atoms with Crippen LogP contribution in [0.4, 0.5) is 11.5 Å². The van der Waals surface area contributed by atoms with Crippen LogP contribution in [0.5, 0.6) is 0 Å². The molecule has 2 rings (SSSR count). The molecule has 9 heteroatoms. The number of aromatic nitrogens is 1. The summed E-state index contributed by atoms with van der Waals surface area (Å²) in [4.78, 5) is 25.9. The number of nitrogens with one attached hydrogen (secondary N) is 1. The molecular weight excluding hydrogens is 298 g/mol. The first-order chi connectivity index (χ1) is 10.0. The van der Waals surface area contributed by atoms with E-state index in [-0.39, 0.29) is 23.2 Å². The molecule has 0 unspecified atom stereocenters. The van der Waals surface area contributed by atoms with Gasteiger partial charge in [-0.05, 0) is 18.9 Å². The molecule has 0 amide bonds. The topological polar surface area (TPSA) is 111 Å². The molecule has 2 heterocycles. The van der Waals surface area contributed by atoms with E-state index in [1.165, 1.54) is 19.2 Å². The Labute approximate surface area is 123 Å². The summed E-state index contributed by atoms with van der Waals surface area (Å²) < 4.78 is 15.9. The zero-order valence-electron chi connectivity index (χ0n) is 11.4. The summed E-state index contributed by atoms with van der Waals surface area (Å²) in [6.45, 7) is 0. The van der Waals surface area contributed by atoms with Gasteiger partial charge in [0.15, 0.2) is 5.69 Å². The second-order valence-corrected chi connectivity index (χ2v) is 6.28. The number of esters is 1. The quantitative estimate of drug-likeness (QED) is 0.503. The van der Waals surface area contributed by atoms with Crippen molar-refractivity contribution in [2.24, 2.45) is 0 Å². The zero-order valence-corrected chi connectivity index (χ0v) is 12.2. The Hall–Kier alpha value is -2.03. The highest BCUT2D eigenvalue weighted by Crippen LogP contribution is 2.25. The van der Waals surface area contributed by atoms with Gasteiger partial charge in [0, 0.05) is 34.4 Å². The maximum Gasteiger partial charge on any atom is 0.356 e. The molecule has 0 atom stereocenters. The van der Waals surface area contributed by atoms with E-state index in [1.807, 2.05) is 0 Å². The van der Waals surface area contributed by atoms with E-state index in [9.17, 15) is 19.1 Å². The lowest BCUT2D eigenvalue weighted by molar-refractivity contribution is -0.384. The van der Waals surface area contributed by atoms with Crippen molar-refractivity contribution in [1.82, 2.24) is 4.98 Å². The summed E-state index contributed by atoms with van der Waals surface area (Å²) in [6, 6.07) is 2.44. The molecule has 1 aliphatic rings. The molecular formula is C12H15N3O5S. The summed E-state index contributed by atoms with van der Waals surface area (Å²) in [5, 5.41) is 14.0. The fourth-order valence-corrected chi connectivity index (χ4v) is 3.35. The average Bonchev–Trinajstić information content (AvgIpc) is 2.48. The number of carbonyl (C=O) groups excluding carboxylic acids is 1. The van der Waals surface area contributed by atoms with E-state index < -0.39 is 21.7 Å². The minimum absolute atomic E-state index is 0.00462. The number of nitrogens with zero attached hydrogens (tertiary/aromatic N) is 2. The van der Waals surface area contributed by atoms with Crippen molar-refractivity contribution in [3.05, 3.63) is 27.9 Å². The second-order valence-electron chi connectivity index (χ2n) is 4.58. The molecule has 0 bridgehead atoms. The van der Waals surface area contributed by atoms with Crippen LogP contribution in [0.1, 0.15) is 23.3 Å². The molecule has 1 fully saturated rings. The summed E-state index contributed by atoms with van der Waals surface area (Å²) in [6.07, 6.45) is 1.29. The minimum atomic E-state index is -0.815. The first kappa shape index (κ1) is 15.4. The second kappa shape index (κ2) is 6.61. The van der Waals surface area contributed by atoms with E-state index in [0.29, 0.717) is 24.3 Å². The van der Waals surface area contributed by atoms with E-state index >= 15 is 0 Å². The van der Waals surface area contributed by atoms with Crippen LogP contribution in [-0.2, 0) is 15.5 Å². The summed E-state index contributed by atoms with van der Waals surface area (Å²) in [5.41, 5.74) is -0.195. The van der Waals surface area contributed by atoms with Crippen molar-refractivity contribution in [3.63, 3.8) is 0 Å². The van der Waals surface area contributed by atoms with Crippen LogP contribution in [0.25, 0.3) is 0 Å². The van der Waals surface area contributed by atoms with Crippen molar-refractivity contribution in [2.45, 2.75) is 18.9 Å². The molecule has 21 heavy (non-hydrogen) atoms. The minimum Gasteiger partial charge on any atom is -0.464 e. The van der Waals surface area contributed by atoms with Crippen molar-refractivity contribution in [1.29, 1.82) is 0 Å². The highest BCUT2D eigenvalue weighted by molar-refractivity contribution is 7.85. The van der Waals surface area contributed by atoms with Crippen molar-refractivity contribution in [2.75, 3.05) is 23.9 Å². The molecule has 0 aliphatic carbocycles. The fraction of sp³-hybridized carbons (Fsp3) is 0.500. The Morgan fingerprint density at radius 1 is 1.48 bits per heavy atom. The Kier molecular flexibility index (Phi) is 4.84. The number of rotatable bonds is 4. The molecule has 8 nitrogen and oxygen atoms in total. The van der Waals surface area contributed by atoms with Crippen LogP contribution in [0.3, 0.4) is 0 Å². The zero-order chi connectivity index (χ0) is 15.4. The maximum absolute atomic E-state index is 11.5. The molecule has 1 aromatic heterocycles. The first-order valence-corrected chi connectivity index (χ1v) is 7.85. The highest BCUT2D eigenvalue weighted by Gasteiger charge is 2.24. The van der Waals surface area contributed by atoms with Gasteiger partial charge in [0.25, 0.3) is 0 Å². The number of methoxy groups -OCH3 is 1. The standard InChI is InChI=1S/C12H15N3O5S/c1-20-12(16)9-2-3-10(15(17)18)11(14-9)13-8-4-6-21(19)7-5-8/h2-3,8H,4-7H2,1H3,(H,13,14). The predicted octanol–water partition coefficient (Wildman–Crippen LogP) is 1.10. The molecule has 1 aromatic rings. The summed E-state index contributed by atoms with van der Waals surface area (Å²) in [7, 11) is 0.403. The monoisotopic (exact) mass is 313 g/mol. The van der Waals surface area contributed by atoms with Gasteiger partial charge >= 0.3 is 11.7 Å². The van der Waals surface area contributed by atoms with E-state index in [0.717, 1.165) is 0 Å². The number of nitro groups is 1. The molecule has 0 saturated carbocycles. The number of anilines is 1. The third-order valence-corrected chi connectivity index (χ3v) is 4.58. The van der Waals surface area contributed by atoms with E-state index in [2.05, 4.69) is 15.0 Å². The number of carbonyl (C=O) groups is 1. The average molecular weight is 313 g/mol. The van der Waals surface area contributed by atoms with Crippen LogP contribution in [0, 0.1) is 10.1 Å². The lowest BCUT2D eigenvalue weighted by atomic mass is 10.1. The smallest absolute Gasteiger partial charge is 0.356 e. The van der Waals surface area contributed by atoms with Crippen molar-refractivity contribution < 1.29 is 18.7 Å². The van der Waals surface area contributed by atoms with Gasteiger partial charge in [-0.2, -0.15) is 0 Å². The van der Waals surface area contributed by atoms with Gasteiger partial charge in [0.2, 0.25) is 5.82 Å². The Morgan fingerprint density at radius 2 is 2.14 bits per heavy atom. The van der Waals surface area contributed by atoms with Crippen molar-refractivity contribution in [3.8, 4) is 0 Å². The highest BCUT2D eigenvalue weighted by atomic mass is 32.2. The summed E-state index contributed by atoms with van der Waals surface area (Å²) >= 11 is 0. The van der Waals surface area contributed by atoms with Crippen molar-refractivity contribution >= 4 is 28.3 Å². The lowest BCUT2D eigenvalue weighted by Crippen LogP contribution is -2.30. The number of hydrogen-bond acceptors (Lipinski definition) is 7. The van der Waals surface area contributed by atoms with Crippen LogP contribution in [0.15, 0.2) is 12.1 Å². The molecule has 1 saturated heterocycles. The van der Waals surface area contributed by atoms with Crippen LogP contribution >= 0.6 is 0 Å². The molecule has 0 spiro atoms. The molecule has 0 radical (unpaired) electrons. The third kappa shape index (κ3) is 3.75. The molecule has 1 N–H and O–H groups in total. The Bertz CT molecular complexity index is 582. The molecule has 114 valence electrons. The number of hydrogen-bond donors (Lipinski definition) is 1. The van der Waals surface area contributed by atoms with Crippen LogP contribution in [0.2, 0.25) is 0 Å². The number of pyridine rings is 1. The van der Waals surface area contributed by atoms with Gasteiger partial charge < -0.3 is 10.1 Å². The van der Waals surface area contributed by atoms with Gasteiger partial charge in [0.1, 0.15) is 0 Å². The van der Waals surface area contributed by atoms with Gasteiger partial charge in [-0.15, -0.1) is 0 Å². The van der Waals surface area contributed by atoms with Crippen LogP contribution in [-0.4, -0.2) is 44.7 Å². The fourth-order valence-electron chi connectivity index (χ4n) is 2.06. The Balaban J connectivity index is 2.24. The Morgan fingerprint density at radius 3 is 2.71 bits per heavy atom. The lowest BCUT2D eigenvalue weighted by Gasteiger charge is -2.22.